The van der Waals surface area contributed by atoms with E-state index in [1.165, 1.54) is 10.5 Å². The molecule has 7 nitrogen and oxygen atoms in total. The third-order valence-corrected chi connectivity index (χ3v) is 8.35. The van der Waals surface area contributed by atoms with Crippen LogP contribution < -0.4 is 10.1 Å². The molecule has 0 radical (unpaired) electrons. The molecule has 0 unspecified atom stereocenters. The van der Waals surface area contributed by atoms with Gasteiger partial charge >= 0.3 is 0 Å². The SMILES string of the molecule is CC(=O)N1CCC(c2csc(Nc3ncc(Sc4ccccc4C)cc3Oc3cccnc3C)n2)CC1. The highest BCUT2D eigenvalue weighted by Gasteiger charge is 2.24. The molecule has 0 aliphatic carbocycles. The normalized spacial score (nSPS) is 14.0. The van der Waals surface area contributed by atoms with E-state index in [1.54, 1.807) is 36.2 Å². The fourth-order valence-corrected chi connectivity index (χ4v) is 5.96. The van der Waals surface area contributed by atoms with Gasteiger partial charge in [0.15, 0.2) is 16.7 Å². The molecule has 37 heavy (non-hydrogen) atoms. The van der Waals surface area contributed by atoms with E-state index in [4.69, 9.17) is 14.7 Å². The smallest absolute Gasteiger partial charge is 0.219 e. The van der Waals surface area contributed by atoms with E-state index in [2.05, 4.69) is 34.7 Å². The number of thiazole rings is 1. The summed E-state index contributed by atoms with van der Waals surface area (Å²) in [6, 6.07) is 14.1. The maximum absolute atomic E-state index is 11.7. The lowest BCUT2D eigenvalue weighted by molar-refractivity contribution is -0.129. The molecule has 0 saturated carbocycles. The second-order valence-electron chi connectivity index (χ2n) is 9.06. The Balaban J connectivity index is 1.38. The molecular formula is C28H29N5O2S2. The van der Waals surface area contributed by atoms with Gasteiger partial charge in [-0.3, -0.25) is 9.78 Å². The molecule has 1 fully saturated rings. The second kappa shape index (κ2) is 11.3. The highest BCUT2D eigenvalue weighted by atomic mass is 32.2. The number of carbonyl (C=O) groups is 1. The van der Waals surface area contributed by atoms with Crippen molar-refractivity contribution < 1.29 is 9.53 Å². The minimum Gasteiger partial charge on any atom is -0.452 e. The van der Waals surface area contributed by atoms with Gasteiger partial charge in [-0.15, -0.1) is 11.3 Å². The third kappa shape index (κ3) is 6.11. The van der Waals surface area contributed by atoms with Crippen LogP contribution in [0.1, 0.15) is 42.6 Å². The van der Waals surface area contributed by atoms with Crippen LogP contribution in [0, 0.1) is 13.8 Å². The Hall–Kier alpha value is -3.43. The van der Waals surface area contributed by atoms with E-state index >= 15 is 0 Å². The minimum atomic E-state index is 0.144. The van der Waals surface area contributed by atoms with E-state index < -0.39 is 0 Å². The number of anilines is 2. The molecule has 1 aliphatic rings. The maximum atomic E-state index is 11.7. The van der Waals surface area contributed by atoms with Crippen LogP contribution in [0.3, 0.4) is 0 Å². The Kier molecular flexibility index (Phi) is 7.71. The zero-order valence-corrected chi connectivity index (χ0v) is 22.7. The van der Waals surface area contributed by atoms with Crippen molar-refractivity contribution in [2.45, 2.75) is 49.3 Å². The number of nitrogens with zero attached hydrogens (tertiary/aromatic N) is 4. The van der Waals surface area contributed by atoms with Crippen LogP contribution in [0.4, 0.5) is 10.9 Å². The summed E-state index contributed by atoms with van der Waals surface area (Å²) in [4.78, 5) is 29.7. The largest absolute Gasteiger partial charge is 0.452 e. The lowest BCUT2D eigenvalue weighted by Crippen LogP contribution is -2.36. The summed E-state index contributed by atoms with van der Waals surface area (Å²) in [5.74, 6) is 2.40. The van der Waals surface area contributed by atoms with E-state index in [9.17, 15) is 4.79 Å². The fraction of sp³-hybridized carbons (Fsp3) is 0.286. The Morgan fingerprint density at radius 2 is 1.92 bits per heavy atom. The number of aromatic nitrogens is 3. The van der Waals surface area contributed by atoms with Crippen LogP contribution in [0.2, 0.25) is 0 Å². The van der Waals surface area contributed by atoms with Crippen LogP contribution in [-0.4, -0.2) is 38.8 Å². The molecule has 5 rings (SSSR count). The zero-order chi connectivity index (χ0) is 25.8. The van der Waals surface area contributed by atoms with Gasteiger partial charge in [0.1, 0.15) is 5.75 Å². The van der Waals surface area contributed by atoms with Gasteiger partial charge in [-0.05, 0) is 50.5 Å². The van der Waals surface area contributed by atoms with Gasteiger partial charge < -0.3 is 15.0 Å². The number of hydrogen-bond donors (Lipinski definition) is 1. The Bertz CT molecular complexity index is 1400. The summed E-state index contributed by atoms with van der Waals surface area (Å²) in [5.41, 5.74) is 3.08. The molecular weight excluding hydrogens is 502 g/mol. The number of hydrogen-bond acceptors (Lipinski definition) is 8. The van der Waals surface area contributed by atoms with Gasteiger partial charge in [0.05, 0.1) is 11.4 Å². The molecule has 0 spiro atoms. The monoisotopic (exact) mass is 531 g/mol. The van der Waals surface area contributed by atoms with Crippen LogP contribution >= 0.6 is 23.1 Å². The number of carbonyl (C=O) groups excluding carboxylic acids is 1. The van der Waals surface area contributed by atoms with Crippen LogP contribution in [0.5, 0.6) is 11.5 Å². The quantitative estimate of drug-likeness (QED) is 0.276. The maximum Gasteiger partial charge on any atom is 0.219 e. The standard InChI is InChI=1S/C28H29N5O2S2/c1-18-7-4-5-9-26(18)37-22-15-25(35-24-8-6-12-29-19(24)2)27(30-16-22)32-28-31-23(17-36-28)21-10-13-33(14-11-21)20(3)34/h4-9,12,15-17,21H,10-11,13-14H2,1-3H3,(H,30,31,32). The number of benzene rings is 1. The summed E-state index contributed by atoms with van der Waals surface area (Å²) in [6.45, 7) is 7.22. The highest BCUT2D eigenvalue weighted by Crippen LogP contribution is 2.38. The molecule has 0 atom stereocenters. The van der Waals surface area contributed by atoms with Gasteiger partial charge in [0, 0.05) is 59.6 Å². The molecule has 1 aliphatic heterocycles. The molecule has 4 heterocycles. The first-order valence-corrected chi connectivity index (χ1v) is 14.0. The van der Waals surface area contributed by atoms with Crippen molar-refractivity contribution in [2.75, 3.05) is 18.4 Å². The van der Waals surface area contributed by atoms with Gasteiger partial charge in [-0.1, -0.05) is 30.0 Å². The van der Waals surface area contributed by atoms with Gasteiger partial charge in [0.25, 0.3) is 0 Å². The summed E-state index contributed by atoms with van der Waals surface area (Å²) in [7, 11) is 0. The van der Waals surface area contributed by atoms with Crippen molar-refractivity contribution in [2.24, 2.45) is 0 Å². The summed E-state index contributed by atoms with van der Waals surface area (Å²) in [5, 5.41) is 6.25. The first kappa shape index (κ1) is 25.2. The molecule has 0 bridgehead atoms. The molecule has 190 valence electrons. The van der Waals surface area contributed by atoms with Crippen molar-refractivity contribution in [3.05, 3.63) is 77.2 Å². The van der Waals surface area contributed by atoms with Crippen molar-refractivity contribution in [1.29, 1.82) is 0 Å². The first-order chi connectivity index (χ1) is 18.0. The van der Waals surface area contributed by atoms with Crippen LogP contribution in [-0.2, 0) is 4.79 Å². The van der Waals surface area contributed by atoms with E-state index in [1.807, 2.05) is 48.4 Å². The number of ether oxygens (including phenoxy) is 1. The Morgan fingerprint density at radius 3 is 2.68 bits per heavy atom. The molecule has 4 aromatic rings. The van der Waals surface area contributed by atoms with Crippen molar-refractivity contribution in [1.82, 2.24) is 19.9 Å². The summed E-state index contributed by atoms with van der Waals surface area (Å²) in [6.07, 6.45) is 5.47. The second-order valence-corrected chi connectivity index (χ2v) is 11.0. The summed E-state index contributed by atoms with van der Waals surface area (Å²) < 4.78 is 6.32. The fourth-order valence-electron chi connectivity index (χ4n) is 4.27. The molecule has 1 saturated heterocycles. The highest BCUT2D eigenvalue weighted by molar-refractivity contribution is 7.99. The molecule has 1 N–H and O–H groups in total. The number of pyridine rings is 2. The average molecular weight is 532 g/mol. The molecule has 1 aromatic carbocycles. The Labute approximate surface area is 225 Å². The third-order valence-electron chi connectivity index (χ3n) is 6.43. The topological polar surface area (TPSA) is 80.2 Å². The molecule has 1 amide bonds. The zero-order valence-electron chi connectivity index (χ0n) is 21.1. The van der Waals surface area contributed by atoms with Crippen molar-refractivity contribution >= 4 is 40.0 Å². The van der Waals surface area contributed by atoms with Gasteiger partial charge in [-0.25, -0.2) is 9.97 Å². The number of rotatable bonds is 7. The lowest BCUT2D eigenvalue weighted by atomic mass is 9.94. The summed E-state index contributed by atoms with van der Waals surface area (Å²) >= 11 is 3.21. The average Bonchev–Trinajstić information content (AvgIpc) is 3.37. The van der Waals surface area contributed by atoms with E-state index in [-0.39, 0.29) is 5.91 Å². The van der Waals surface area contributed by atoms with E-state index in [0.29, 0.717) is 23.2 Å². The lowest BCUT2D eigenvalue weighted by Gasteiger charge is -2.30. The predicted molar refractivity (Wildman–Crippen MR) is 148 cm³/mol. The number of piperidine rings is 1. The van der Waals surface area contributed by atoms with Crippen LogP contribution in [0.15, 0.2) is 70.0 Å². The number of aryl methyl sites for hydroxylation is 2. The van der Waals surface area contributed by atoms with Gasteiger partial charge in [-0.2, -0.15) is 0 Å². The van der Waals surface area contributed by atoms with Gasteiger partial charge in [0.2, 0.25) is 5.91 Å². The minimum absolute atomic E-state index is 0.144. The molecule has 3 aromatic heterocycles. The predicted octanol–water partition coefficient (Wildman–Crippen LogP) is 6.96. The first-order valence-electron chi connectivity index (χ1n) is 12.3. The van der Waals surface area contributed by atoms with E-state index in [0.717, 1.165) is 47.3 Å². The number of nitrogens with one attached hydrogen (secondary N) is 1. The van der Waals surface area contributed by atoms with Crippen LogP contribution in [0.25, 0.3) is 0 Å². The molecule has 9 heteroatoms. The Morgan fingerprint density at radius 1 is 1.11 bits per heavy atom. The van der Waals surface area contributed by atoms with Crippen molar-refractivity contribution in [3.63, 3.8) is 0 Å². The van der Waals surface area contributed by atoms with Crippen molar-refractivity contribution in [3.8, 4) is 11.5 Å². The number of amides is 1. The number of likely N-dealkylation sites (tertiary alicyclic amines) is 1.